The molecule has 4 heteroatoms. The van der Waals surface area contributed by atoms with Crippen molar-refractivity contribution in [3.63, 3.8) is 0 Å². The summed E-state index contributed by atoms with van der Waals surface area (Å²) in [5.74, 6) is -0.559. The molecule has 2 aromatic carbocycles. The number of benzene rings is 2. The predicted octanol–water partition coefficient (Wildman–Crippen LogP) is 3.14. The summed E-state index contributed by atoms with van der Waals surface area (Å²) in [5.41, 5.74) is 2.95. The Morgan fingerprint density at radius 1 is 1.12 bits per heavy atom. The Bertz CT molecular complexity index is 742. The molecule has 0 spiro atoms. The molecular formula is C20H21NO3. The van der Waals surface area contributed by atoms with Gasteiger partial charge in [0.05, 0.1) is 6.42 Å². The van der Waals surface area contributed by atoms with E-state index in [-0.39, 0.29) is 24.3 Å². The third-order valence-electron chi connectivity index (χ3n) is 4.29. The minimum absolute atomic E-state index is 0.0742. The van der Waals surface area contributed by atoms with E-state index in [4.69, 9.17) is 4.74 Å². The molecule has 124 valence electrons. The van der Waals surface area contributed by atoms with Crippen LogP contribution in [0.3, 0.4) is 0 Å². The van der Waals surface area contributed by atoms with Crippen LogP contribution < -0.4 is 4.90 Å². The van der Waals surface area contributed by atoms with Gasteiger partial charge in [0.25, 0.3) is 5.91 Å². The molecule has 0 saturated heterocycles. The van der Waals surface area contributed by atoms with E-state index in [1.165, 1.54) is 0 Å². The lowest BCUT2D eigenvalue weighted by molar-refractivity contribution is -0.153. The largest absolute Gasteiger partial charge is 0.452 e. The van der Waals surface area contributed by atoms with Gasteiger partial charge in [0.1, 0.15) is 0 Å². The Labute approximate surface area is 142 Å². The van der Waals surface area contributed by atoms with E-state index in [1.54, 1.807) is 11.8 Å². The summed E-state index contributed by atoms with van der Waals surface area (Å²) < 4.78 is 5.36. The zero-order valence-corrected chi connectivity index (χ0v) is 13.9. The first-order valence-electron chi connectivity index (χ1n) is 8.20. The Morgan fingerprint density at radius 2 is 1.79 bits per heavy atom. The maximum absolute atomic E-state index is 12.8. The number of para-hydroxylation sites is 1. The van der Waals surface area contributed by atoms with Gasteiger partial charge in [-0.3, -0.25) is 9.59 Å². The summed E-state index contributed by atoms with van der Waals surface area (Å²) >= 11 is 0. The van der Waals surface area contributed by atoms with Gasteiger partial charge in [0.2, 0.25) is 0 Å². The van der Waals surface area contributed by atoms with Crippen molar-refractivity contribution >= 4 is 17.6 Å². The van der Waals surface area contributed by atoms with Crippen molar-refractivity contribution in [2.24, 2.45) is 0 Å². The number of nitrogens with zero attached hydrogens (tertiary/aromatic N) is 1. The van der Waals surface area contributed by atoms with E-state index in [1.807, 2.05) is 61.5 Å². The van der Waals surface area contributed by atoms with Crippen LogP contribution in [0, 0.1) is 0 Å². The van der Waals surface area contributed by atoms with Crippen LogP contribution in [0.25, 0.3) is 0 Å². The lowest BCUT2D eigenvalue weighted by atomic mass is 10.1. The third kappa shape index (κ3) is 3.32. The Balaban J connectivity index is 1.66. The molecule has 0 aliphatic carbocycles. The van der Waals surface area contributed by atoms with Crippen LogP contribution in [0.1, 0.15) is 25.0 Å². The molecule has 4 nitrogen and oxygen atoms in total. The van der Waals surface area contributed by atoms with Gasteiger partial charge >= 0.3 is 5.97 Å². The van der Waals surface area contributed by atoms with Gasteiger partial charge in [-0.2, -0.15) is 0 Å². The first-order valence-corrected chi connectivity index (χ1v) is 8.20. The quantitative estimate of drug-likeness (QED) is 0.812. The molecule has 0 bridgehead atoms. The topological polar surface area (TPSA) is 46.6 Å². The molecule has 1 aliphatic rings. The first-order chi connectivity index (χ1) is 11.6. The molecule has 2 aromatic rings. The number of amides is 1. The number of carbonyl (C=O) groups excluding carboxylic acids is 2. The average Bonchev–Trinajstić information content (AvgIpc) is 2.90. The van der Waals surface area contributed by atoms with Crippen molar-refractivity contribution in [1.29, 1.82) is 0 Å². The van der Waals surface area contributed by atoms with Crippen molar-refractivity contribution in [3.05, 3.63) is 65.7 Å². The Morgan fingerprint density at radius 3 is 2.54 bits per heavy atom. The zero-order valence-electron chi connectivity index (χ0n) is 13.9. The van der Waals surface area contributed by atoms with Crippen molar-refractivity contribution in [2.45, 2.75) is 38.8 Å². The van der Waals surface area contributed by atoms with E-state index >= 15 is 0 Å². The molecule has 0 radical (unpaired) electrons. The van der Waals surface area contributed by atoms with Gasteiger partial charge < -0.3 is 9.64 Å². The monoisotopic (exact) mass is 323 g/mol. The first kappa shape index (κ1) is 16.2. The molecule has 0 aromatic heterocycles. The van der Waals surface area contributed by atoms with Gasteiger partial charge in [-0.25, -0.2) is 0 Å². The van der Waals surface area contributed by atoms with Crippen LogP contribution in [0.5, 0.6) is 0 Å². The molecule has 0 unspecified atom stereocenters. The predicted molar refractivity (Wildman–Crippen MR) is 92.8 cm³/mol. The number of hydrogen-bond acceptors (Lipinski definition) is 3. The minimum Gasteiger partial charge on any atom is -0.452 e. The second-order valence-corrected chi connectivity index (χ2v) is 6.18. The zero-order chi connectivity index (χ0) is 17.1. The molecule has 2 atom stereocenters. The highest BCUT2D eigenvalue weighted by Gasteiger charge is 2.34. The summed E-state index contributed by atoms with van der Waals surface area (Å²) in [4.78, 5) is 26.6. The number of esters is 1. The summed E-state index contributed by atoms with van der Waals surface area (Å²) in [6.45, 7) is 3.65. The fourth-order valence-corrected chi connectivity index (χ4v) is 3.15. The van der Waals surface area contributed by atoms with Crippen molar-refractivity contribution in [3.8, 4) is 0 Å². The highest BCUT2D eigenvalue weighted by atomic mass is 16.5. The van der Waals surface area contributed by atoms with E-state index in [9.17, 15) is 9.59 Å². The number of rotatable bonds is 4. The van der Waals surface area contributed by atoms with Crippen LogP contribution in [0.4, 0.5) is 5.69 Å². The standard InChI is InChI=1S/C20H21NO3/c1-14-12-17-10-6-7-11-18(17)21(14)20(23)15(2)24-19(22)13-16-8-4-3-5-9-16/h3-11,14-15H,12-13H2,1-2H3/t14-,15+/m1/s1. The summed E-state index contributed by atoms with van der Waals surface area (Å²) in [5, 5.41) is 0. The Kier molecular flexibility index (Phi) is 4.65. The van der Waals surface area contributed by atoms with Crippen LogP contribution in [0.15, 0.2) is 54.6 Å². The molecule has 1 aliphatic heterocycles. The molecule has 0 fully saturated rings. The van der Waals surface area contributed by atoms with Crippen molar-refractivity contribution < 1.29 is 14.3 Å². The minimum atomic E-state index is -0.796. The number of ether oxygens (including phenoxy) is 1. The lowest BCUT2D eigenvalue weighted by Gasteiger charge is -2.26. The van der Waals surface area contributed by atoms with E-state index in [2.05, 4.69) is 0 Å². The normalized spacial score (nSPS) is 17.2. The van der Waals surface area contributed by atoms with Crippen LogP contribution in [-0.4, -0.2) is 24.0 Å². The smallest absolute Gasteiger partial charge is 0.311 e. The number of hydrogen-bond donors (Lipinski definition) is 0. The van der Waals surface area contributed by atoms with Gasteiger partial charge in [-0.1, -0.05) is 48.5 Å². The van der Waals surface area contributed by atoms with Crippen LogP contribution in [0.2, 0.25) is 0 Å². The molecule has 24 heavy (non-hydrogen) atoms. The third-order valence-corrected chi connectivity index (χ3v) is 4.29. The lowest BCUT2D eigenvalue weighted by Crippen LogP contribution is -2.43. The van der Waals surface area contributed by atoms with E-state index in [0.29, 0.717) is 0 Å². The van der Waals surface area contributed by atoms with Crippen molar-refractivity contribution in [1.82, 2.24) is 0 Å². The second kappa shape index (κ2) is 6.87. The molecule has 1 heterocycles. The second-order valence-electron chi connectivity index (χ2n) is 6.18. The van der Waals surface area contributed by atoms with Gasteiger partial charge in [0.15, 0.2) is 6.10 Å². The van der Waals surface area contributed by atoms with E-state index < -0.39 is 6.10 Å². The number of carbonyl (C=O) groups is 2. The SMILES string of the molecule is C[C@H](OC(=O)Cc1ccccc1)C(=O)N1c2ccccc2C[C@H]1C. The molecule has 1 amide bonds. The highest BCUT2D eigenvalue weighted by Crippen LogP contribution is 2.32. The summed E-state index contributed by atoms with van der Waals surface area (Å²) in [7, 11) is 0. The molecule has 0 N–H and O–H groups in total. The van der Waals surface area contributed by atoms with Gasteiger partial charge in [0, 0.05) is 11.7 Å². The highest BCUT2D eigenvalue weighted by molar-refractivity contribution is 5.99. The maximum atomic E-state index is 12.8. The summed E-state index contributed by atoms with van der Waals surface area (Å²) in [6, 6.07) is 17.3. The van der Waals surface area contributed by atoms with Gasteiger partial charge in [-0.05, 0) is 37.5 Å². The summed E-state index contributed by atoms with van der Waals surface area (Å²) in [6.07, 6.45) is 0.201. The Hall–Kier alpha value is -2.62. The average molecular weight is 323 g/mol. The fraction of sp³-hybridized carbons (Fsp3) is 0.300. The molecule has 0 saturated carbocycles. The maximum Gasteiger partial charge on any atom is 0.311 e. The number of fused-ring (bicyclic) bond motifs is 1. The van der Waals surface area contributed by atoms with Crippen LogP contribution >= 0.6 is 0 Å². The fourth-order valence-electron chi connectivity index (χ4n) is 3.15. The van der Waals surface area contributed by atoms with Crippen LogP contribution in [-0.2, 0) is 27.2 Å². The molecule has 3 rings (SSSR count). The molecular weight excluding hydrogens is 302 g/mol. The van der Waals surface area contributed by atoms with Gasteiger partial charge in [-0.15, -0.1) is 0 Å². The van der Waals surface area contributed by atoms with E-state index in [0.717, 1.165) is 23.2 Å². The number of anilines is 1. The van der Waals surface area contributed by atoms with Crippen molar-refractivity contribution in [2.75, 3.05) is 4.90 Å².